The Bertz CT molecular complexity index is 358. The molecule has 0 heterocycles. The first-order valence-electron chi connectivity index (χ1n) is 7.56. The third-order valence-electron chi connectivity index (χ3n) is 3.44. The molecule has 1 rings (SSSR count). The Hall–Kier alpha value is -1.02. The fraction of sp³-hybridized carbons (Fsp3) is 0.647. The lowest BCUT2D eigenvalue weighted by Crippen LogP contribution is -2.00. The highest BCUT2D eigenvalue weighted by Crippen LogP contribution is 2.22. The van der Waals surface area contributed by atoms with Crippen molar-refractivity contribution in [3.8, 4) is 5.75 Å². The molecule has 2 heteroatoms. The second kappa shape index (κ2) is 8.98. The largest absolute Gasteiger partial charge is 0.493 e. The first-order chi connectivity index (χ1) is 9.15. The lowest BCUT2D eigenvalue weighted by molar-refractivity contribution is 0.199. The summed E-state index contributed by atoms with van der Waals surface area (Å²) in [5.41, 5.74) is 2.05. The summed E-state index contributed by atoms with van der Waals surface area (Å²) in [6.45, 7) is 6.85. The van der Waals surface area contributed by atoms with E-state index in [-0.39, 0.29) is 0 Å². The molecule has 0 unspecified atom stereocenters. The Labute approximate surface area is 117 Å². The fourth-order valence-electron chi connectivity index (χ4n) is 2.16. The van der Waals surface area contributed by atoms with Crippen LogP contribution in [0.15, 0.2) is 18.2 Å². The highest BCUT2D eigenvalue weighted by Gasteiger charge is 2.04. The first kappa shape index (κ1) is 16.0. The van der Waals surface area contributed by atoms with E-state index in [9.17, 15) is 5.11 Å². The smallest absolute Gasteiger partial charge is 0.122 e. The van der Waals surface area contributed by atoms with Crippen LogP contribution in [0, 0.1) is 6.92 Å². The molecule has 0 aliphatic carbocycles. The normalized spacial score (nSPS) is 12.4. The van der Waals surface area contributed by atoms with Gasteiger partial charge in [-0.15, -0.1) is 0 Å². The minimum atomic E-state index is -0.411. The Morgan fingerprint density at radius 3 is 2.42 bits per heavy atom. The Kier molecular flexibility index (Phi) is 7.57. The van der Waals surface area contributed by atoms with Crippen molar-refractivity contribution >= 4 is 0 Å². The molecule has 1 aromatic rings. The molecular weight excluding hydrogens is 236 g/mol. The van der Waals surface area contributed by atoms with Gasteiger partial charge in [0.2, 0.25) is 0 Å². The monoisotopic (exact) mass is 264 g/mol. The highest BCUT2D eigenvalue weighted by molar-refractivity contribution is 5.36. The molecule has 2 nitrogen and oxygen atoms in total. The van der Waals surface area contributed by atoms with E-state index in [0.29, 0.717) is 0 Å². The zero-order chi connectivity index (χ0) is 14.1. The molecule has 0 spiro atoms. The van der Waals surface area contributed by atoms with Gasteiger partial charge in [-0.25, -0.2) is 0 Å². The summed E-state index contributed by atoms with van der Waals surface area (Å²) in [4.78, 5) is 0. The molecule has 0 aromatic heterocycles. The van der Waals surface area contributed by atoms with Crippen LogP contribution in [0.5, 0.6) is 5.75 Å². The molecule has 0 saturated carbocycles. The molecule has 0 radical (unpaired) electrons. The lowest BCUT2D eigenvalue weighted by atomic mass is 10.1. The van der Waals surface area contributed by atoms with Crippen LogP contribution in [0.2, 0.25) is 0 Å². The average molecular weight is 264 g/mol. The molecular formula is C17H28O2. The third kappa shape index (κ3) is 6.11. The van der Waals surface area contributed by atoms with Gasteiger partial charge in [0.25, 0.3) is 0 Å². The Balaban J connectivity index is 2.26. The van der Waals surface area contributed by atoms with Crippen LogP contribution in [0.25, 0.3) is 0 Å². The molecule has 0 aliphatic rings. The maximum Gasteiger partial charge on any atom is 0.122 e. The molecule has 0 bridgehead atoms. The van der Waals surface area contributed by atoms with Gasteiger partial charge in [-0.05, 0) is 43.5 Å². The van der Waals surface area contributed by atoms with Crippen LogP contribution >= 0.6 is 0 Å². The minimum absolute atomic E-state index is 0.411. The molecule has 0 aliphatic heterocycles. The summed E-state index contributed by atoms with van der Waals surface area (Å²) in [5.74, 6) is 0.943. The second-order valence-electron chi connectivity index (χ2n) is 5.32. The molecule has 108 valence electrons. The van der Waals surface area contributed by atoms with Crippen LogP contribution in [0.4, 0.5) is 0 Å². The standard InChI is InChI=1S/C17H28O2/c1-4-5-6-7-8-9-12-19-17-11-10-16(15(3)18)13-14(17)2/h10-11,13,15,18H,4-9,12H2,1-3H3/t15-/m1/s1. The van der Waals surface area contributed by atoms with E-state index in [1.54, 1.807) is 6.92 Å². The number of unbranched alkanes of at least 4 members (excludes halogenated alkanes) is 5. The predicted octanol–water partition coefficient (Wildman–Crippen LogP) is 4.79. The SMILES string of the molecule is CCCCCCCCOc1ccc([C@@H](C)O)cc1C. The second-order valence-corrected chi connectivity index (χ2v) is 5.32. The highest BCUT2D eigenvalue weighted by atomic mass is 16.5. The van der Waals surface area contributed by atoms with Crippen LogP contribution in [-0.4, -0.2) is 11.7 Å². The Morgan fingerprint density at radius 1 is 1.11 bits per heavy atom. The van der Waals surface area contributed by atoms with Crippen LogP contribution in [0.1, 0.15) is 69.6 Å². The van der Waals surface area contributed by atoms with Gasteiger partial charge >= 0.3 is 0 Å². The number of benzene rings is 1. The van der Waals surface area contributed by atoms with E-state index in [0.717, 1.165) is 29.9 Å². The van der Waals surface area contributed by atoms with E-state index in [1.165, 1.54) is 32.1 Å². The Morgan fingerprint density at radius 2 is 1.79 bits per heavy atom. The quantitative estimate of drug-likeness (QED) is 0.650. The van der Waals surface area contributed by atoms with Crippen molar-refractivity contribution in [3.05, 3.63) is 29.3 Å². The third-order valence-corrected chi connectivity index (χ3v) is 3.44. The average Bonchev–Trinajstić information content (AvgIpc) is 2.39. The zero-order valence-corrected chi connectivity index (χ0v) is 12.6. The molecule has 1 N–H and O–H groups in total. The van der Waals surface area contributed by atoms with Gasteiger partial charge in [-0.2, -0.15) is 0 Å². The number of ether oxygens (including phenoxy) is 1. The summed E-state index contributed by atoms with van der Waals surface area (Å²) in [6.07, 6.45) is 7.28. The van der Waals surface area contributed by atoms with Gasteiger partial charge in [0, 0.05) is 0 Å². The van der Waals surface area contributed by atoms with Crippen LogP contribution in [-0.2, 0) is 0 Å². The van der Waals surface area contributed by atoms with Crippen molar-refractivity contribution in [2.75, 3.05) is 6.61 Å². The van der Waals surface area contributed by atoms with E-state index >= 15 is 0 Å². The summed E-state index contributed by atoms with van der Waals surface area (Å²) >= 11 is 0. The molecule has 19 heavy (non-hydrogen) atoms. The van der Waals surface area contributed by atoms with E-state index in [1.807, 2.05) is 25.1 Å². The summed E-state index contributed by atoms with van der Waals surface area (Å²) < 4.78 is 5.80. The van der Waals surface area contributed by atoms with Crippen molar-refractivity contribution < 1.29 is 9.84 Å². The maximum atomic E-state index is 9.52. The van der Waals surface area contributed by atoms with Gasteiger partial charge in [0.05, 0.1) is 12.7 Å². The molecule has 0 saturated heterocycles. The molecule has 1 aromatic carbocycles. The van der Waals surface area contributed by atoms with Gasteiger partial charge in [0.15, 0.2) is 0 Å². The van der Waals surface area contributed by atoms with Crippen molar-refractivity contribution in [1.29, 1.82) is 0 Å². The van der Waals surface area contributed by atoms with E-state index < -0.39 is 6.10 Å². The van der Waals surface area contributed by atoms with Gasteiger partial charge < -0.3 is 9.84 Å². The molecule has 1 atom stereocenters. The number of hydrogen-bond donors (Lipinski definition) is 1. The zero-order valence-electron chi connectivity index (χ0n) is 12.6. The van der Waals surface area contributed by atoms with Gasteiger partial charge in [-0.3, -0.25) is 0 Å². The van der Waals surface area contributed by atoms with E-state index in [4.69, 9.17) is 4.74 Å². The number of hydrogen-bond acceptors (Lipinski definition) is 2. The molecule has 0 fully saturated rings. The lowest BCUT2D eigenvalue weighted by Gasteiger charge is -2.12. The van der Waals surface area contributed by atoms with Gasteiger partial charge in [-0.1, -0.05) is 45.1 Å². The number of aliphatic hydroxyl groups is 1. The van der Waals surface area contributed by atoms with Crippen molar-refractivity contribution in [2.45, 2.75) is 65.4 Å². The number of rotatable bonds is 9. The predicted molar refractivity (Wildman–Crippen MR) is 80.7 cm³/mol. The van der Waals surface area contributed by atoms with E-state index in [2.05, 4.69) is 6.92 Å². The minimum Gasteiger partial charge on any atom is -0.493 e. The fourth-order valence-corrected chi connectivity index (χ4v) is 2.16. The van der Waals surface area contributed by atoms with Crippen LogP contribution in [0.3, 0.4) is 0 Å². The van der Waals surface area contributed by atoms with Gasteiger partial charge in [0.1, 0.15) is 5.75 Å². The van der Waals surface area contributed by atoms with Crippen molar-refractivity contribution in [3.63, 3.8) is 0 Å². The van der Waals surface area contributed by atoms with Crippen LogP contribution < -0.4 is 4.74 Å². The van der Waals surface area contributed by atoms with Crippen molar-refractivity contribution in [2.24, 2.45) is 0 Å². The number of aryl methyl sites for hydroxylation is 1. The maximum absolute atomic E-state index is 9.52. The first-order valence-corrected chi connectivity index (χ1v) is 7.56. The number of aliphatic hydroxyl groups excluding tert-OH is 1. The topological polar surface area (TPSA) is 29.5 Å². The summed E-state index contributed by atoms with van der Waals surface area (Å²) in [5, 5.41) is 9.52. The summed E-state index contributed by atoms with van der Waals surface area (Å²) in [7, 11) is 0. The van der Waals surface area contributed by atoms with Crippen molar-refractivity contribution in [1.82, 2.24) is 0 Å². The summed E-state index contributed by atoms with van der Waals surface area (Å²) in [6, 6.07) is 5.91. The molecule has 0 amide bonds.